The second kappa shape index (κ2) is 7.02. The number of carbonyl (C=O) groups is 1. The molecule has 0 radical (unpaired) electrons. The third-order valence-electron chi connectivity index (χ3n) is 3.45. The highest BCUT2D eigenvalue weighted by Gasteiger charge is 2.26. The van der Waals surface area contributed by atoms with Crippen molar-refractivity contribution in [2.45, 2.75) is 24.3 Å². The summed E-state index contributed by atoms with van der Waals surface area (Å²) in [6, 6.07) is 6.69. The van der Waals surface area contributed by atoms with E-state index in [0.29, 0.717) is 24.5 Å². The first-order chi connectivity index (χ1) is 10.0. The van der Waals surface area contributed by atoms with Gasteiger partial charge in [-0.3, -0.25) is 4.79 Å². The van der Waals surface area contributed by atoms with Crippen molar-refractivity contribution in [3.63, 3.8) is 0 Å². The zero-order chi connectivity index (χ0) is 15.3. The Hall–Kier alpha value is -1.44. The Labute approximate surface area is 125 Å². The summed E-state index contributed by atoms with van der Waals surface area (Å²) < 4.78 is 26.2. The van der Waals surface area contributed by atoms with E-state index in [2.05, 4.69) is 10.6 Å². The van der Waals surface area contributed by atoms with Crippen LogP contribution in [0.4, 0.5) is 0 Å². The van der Waals surface area contributed by atoms with E-state index in [1.807, 2.05) is 0 Å². The molecule has 1 aromatic rings. The van der Waals surface area contributed by atoms with Crippen molar-refractivity contribution in [1.29, 1.82) is 0 Å². The number of nitrogens with zero attached hydrogens (tertiary/aromatic N) is 1. The highest BCUT2D eigenvalue weighted by Crippen LogP contribution is 2.20. The van der Waals surface area contributed by atoms with E-state index in [4.69, 9.17) is 0 Å². The lowest BCUT2D eigenvalue weighted by Crippen LogP contribution is -2.31. The molecule has 0 bridgehead atoms. The number of hydrogen-bond donors (Lipinski definition) is 2. The smallest absolute Gasteiger partial charge is 0.243 e. The summed E-state index contributed by atoms with van der Waals surface area (Å²) in [5.74, 6) is -0.0914. The molecule has 1 aliphatic rings. The van der Waals surface area contributed by atoms with Crippen molar-refractivity contribution in [2.24, 2.45) is 0 Å². The number of benzene rings is 1. The predicted molar refractivity (Wildman–Crippen MR) is 80.2 cm³/mol. The van der Waals surface area contributed by atoms with Gasteiger partial charge in [0.05, 0.1) is 11.4 Å². The third-order valence-corrected chi connectivity index (χ3v) is 5.37. The van der Waals surface area contributed by atoms with Gasteiger partial charge in [0.2, 0.25) is 15.9 Å². The molecular weight excluding hydrogens is 290 g/mol. The van der Waals surface area contributed by atoms with Crippen molar-refractivity contribution in [3.05, 3.63) is 29.8 Å². The molecule has 116 valence electrons. The van der Waals surface area contributed by atoms with Crippen LogP contribution in [-0.4, -0.2) is 45.3 Å². The molecule has 0 saturated carbocycles. The van der Waals surface area contributed by atoms with Gasteiger partial charge >= 0.3 is 0 Å². The standard InChI is InChI=1S/C14H21N3O3S/c1-15-11-14(18)16-10-12-4-6-13(7-5-12)21(19,20)17-8-2-3-9-17/h4-7,15H,2-3,8-11H2,1H3,(H,16,18). The van der Waals surface area contributed by atoms with Gasteiger partial charge in [-0.05, 0) is 37.6 Å². The Morgan fingerprint density at radius 1 is 1.19 bits per heavy atom. The summed E-state index contributed by atoms with van der Waals surface area (Å²) in [6.07, 6.45) is 1.85. The van der Waals surface area contributed by atoms with Crippen LogP contribution in [0.25, 0.3) is 0 Å². The van der Waals surface area contributed by atoms with Crippen molar-refractivity contribution in [1.82, 2.24) is 14.9 Å². The normalized spacial score (nSPS) is 16.0. The first-order valence-corrected chi connectivity index (χ1v) is 8.48. The van der Waals surface area contributed by atoms with Crippen LogP contribution in [0.15, 0.2) is 29.2 Å². The zero-order valence-corrected chi connectivity index (χ0v) is 12.9. The molecule has 7 heteroatoms. The molecule has 0 atom stereocenters. The summed E-state index contributed by atoms with van der Waals surface area (Å²) in [7, 11) is -1.65. The minimum atomic E-state index is -3.36. The first kappa shape index (κ1) is 15.9. The fourth-order valence-corrected chi connectivity index (χ4v) is 3.80. The molecule has 21 heavy (non-hydrogen) atoms. The number of amides is 1. The monoisotopic (exact) mass is 311 g/mol. The van der Waals surface area contributed by atoms with Crippen molar-refractivity contribution < 1.29 is 13.2 Å². The highest BCUT2D eigenvalue weighted by atomic mass is 32.2. The largest absolute Gasteiger partial charge is 0.351 e. The van der Waals surface area contributed by atoms with E-state index in [-0.39, 0.29) is 12.5 Å². The fourth-order valence-electron chi connectivity index (χ4n) is 2.28. The van der Waals surface area contributed by atoms with Crippen LogP contribution >= 0.6 is 0 Å². The summed E-state index contributed by atoms with van der Waals surface area (Å²) in [5, 5.41) is 5.52. The zero-order valence-electron chi connectivity index (χ0n) is 12.1. The molecule has 0 spiro atoms. The van der Waals surface area contributed by atoms with E-state index >= 15 is 0 Å². The minimum Gasteiger partial charge on any atom is -0.351 e. The van der Waals surface area contributed by atoms with Crippen LogP contribution in [0.2, 0.25) is 0 Å². The quantitative estimate of drug-likeness (QED) is 0.792. The number of rotatable bonds is 6. The van der Waals surface area contributed by atoms with E-state index in [1.54, 1.807) is 31.3 Å². The highest BCUT2D eigenvalue weighted by molar-refractivity contribution is 7.89. The molecule has 0 unspecified atom stereocenters. The molecule has 6 nitrogen and oxygen atoms in total. The number of carbonyl (C=O) groups excluding carboxylic acids is 1. The lowest BCUT2D eigenvalue weighted by molar-refractivity contribution is -0.120. The first-order valence-electron chi connectivity index (χ1n) is 7.04. The van der Waals surface area contributed by atoms with Crippen molar-refractivity contribution in [2.75, 3.05) is 26.7 Å². The fraction of sp³-hybridized carbons (Fsp3) is 0.500. The Kier molecular flexibility index (Phi) is 5.33. The van der Waals surface area contributed by atoms with Crippen LogP contribution in [0.1, 0.15) is 18.4 Å². The third kappa shape index (κ3) is 4.03. The van der Waals surface area contributed by atoms with Gasteiger partial charge < -0.3 is 10.6 Å². The lowest BCUT2D eigenvalue weighted by atomic mass is 10.2. The van der Waals surface area contributed by atoms with E-state index in [9.17, 15) is 13.2 Å². The maximum Gasteiger partial charge on any atom is 0.243 e. The van der Waals surface area contributed by atoms with E-state index < -0.39 is 10.0 Å². The molecule has 1 aromatic carbocycles. The molecule has 0 aliphatic carbocycles. The lowest BCUT2D eigenvalue weighted by Gasteiger charge is -2.15. The van der Waals surface area contributed by atoms with E-state index in [1.165, 1.54) is 4.31 Å². The maximum absolute atomic E-state index is 12.3. The molecule has 2 rings (SSSR count). The summed E-state index contributed by atoms with van der Waals surface area (Å²) >= 11 is 0. The Morgan fingerprint density at radius 3 is 2.38 bits per heavy atom. The van der Waals surface area contributed by atoms with Crippen LogP contribution in [-0.2, 0) is 21.4 Å². The maximum atomic E-state index is 12.3. The van der Waals surface area contributed by atoms with Crippen molar-refractivity contribution >= 4 is 15.9 Å². The molecule has 1 aliphatic heterocycles. The Morgan fingerprint density at radius 2 is 1.81 bits per heavy atom. The van der Waals surface area contributed by atoms with Crippen LogP contribution in [0.3, 0.4) is 0 Å². The predicted octanol–water partition coefficient (Wildman–Crippen LogP) is 0.307. The molecule has 1 saturated heterocycles. The van der Waals surface area contributed by atoms with Gasteiger partial charge in [0, 0.05) is 19.6 Å². The molecule has 1 amide bonds. The average Bonchev–Trinajstić information content (AvgIpc) is 3.01. The second-order valence-corrected chi connectivity index (χ2v) is 7.00. The van der Waals surface area contributed by atoms with E-state index in [0.717, 1.165) is 18.4 Å². The molecule has 0 aromatic heterocycles. The minimum absolute atomic E-state index is 0.0914. The van der Waals surface area contributed by atoms with Crippen molar-refractivity contribution in [3.8, 4) is 0 Å². The van der Waals surface area contributed by atoms with Gasteiger partial charge in [-0.2, -0.15) is 4.31 Å². The van der Waals surface area contributed by atoms with Gasteiger partial charge in [-0.15, -0.1) is 0 Å². The molecule has 1 heterocycles. The Bertz CT molecular complexity index is 578. The Balaban J connectivity index is 2.00. The summed E-state index contributed by atoms with van der Waals surface area (Å²) in [5.41, 5.74) is 0.875. The van der Waals surface area contributed by atoms with Crippen LogP contribution in [0, 0.1) is 0 Å². The molecular formula is C14H21N3O3S. The average molecular weight is 311 g/mol. The summed E-state index contributed by atoms with van der Waals surface area (Å²) in [6.45, 7) is 1.86. The number of nitrogens with one attached hydrogen (secondary N) is 2. The van der Waals surface area contributed by atoms with Gasteiger partial charge in [-0.1, -0.05) is 12.1 Å². The summed E-state index contributed by atoms with van der Waals surface area (Å²) in [4.78, 5) is 11.7. The van der Waals surface area contributed by atoms with Crippen LogP contribution < -0.4 is 10.6 Å². The molecule has 2 N–H and O–H groups in total. The van der Waals surface area contributed by atoms with Gasteiger partial charge in [0.25, 0.3) is 0 Å². The number of hydrogen-bond acceptors (Lipinski definition) is 4. The number of likely N-dealkylation sites (N-methyl/N-ethyl adjacent to an activating group) is 1. The topological polar surface area (TPSA) is 78.5 Å². The SMILES string of the molecule is CNCC(=O)NCc1ccc(S(=O)(=O)N2CCCC2)cc1. The van der Waals surface area contributed by atoms with Gasteiger partial charge in [0.1, 0.15) is 0 Å². The van der Waals surface area contributed by atoms with Gasteiger partial charge in [-0.25, -0.2) is 8.42 Å². The number of sulfonamides is 1. The van der Waals surface area contributed by atoms with Crippen LogP contribution in [0.5, 0.6) is 0 Å². The molecule has 1 fully saturated rings. The second-order valence-electron chi connectivity index (χ2n) is 5.06. The van der Waals surface area contributed by atoms with Gasteiger partial charge in [0.15, 0.2) is 0 Å².